The van der Waals surface area contributed by atoms with Crippen molar-refractivity contribution < 1.29 is 4.74 Å². The lowest BCUT2D eigenvalue weighted by atomic mass is 9.86. The van der Waals surface area contributed by atoms with Crippen molar-refractivity contribution in [2.75, 3.05) is 19.8 Å². The summed E-state index contributed by atoms with van der Waals surface area (Å²) in [5.41, 5.74) is 0.272. The molecule has 0 spiro atoms. The molecule has 1 fully saturated rings. The Kier molecular flexibility index (Phi) is 2.78. The molecule has 0 aromatic rings. The van der Waals surface area contributed by atoms with Crippen molar-refractivity contribution in [3.05, 3.63) is 12.8 Å². The van der Waals surface area contributed by atoms with Gasteiger partial charge in [-0.05, 0) is 11.6 Å². The maximum Gasteiger partial charge on any atom is 0.0675 e. The van der Waals surface area contributed by atoms with Gasteiger partial charge in [0, 0.05) is 6.54 Å². The fourth-order valence-electron chi connectivity index (χ4n) is 1.58. The predicted octanol–water partition coefficient (Wildman–Crippen LogP) is 1.88. The van der Waals surface area contributed by atoms with Crippen LogP contribution in [0.25, 0.3) is 0 Å². The van der Waals surface area contributed by atoms with Gasteiger partial charge in [-0.25, -0.2) is 0 Å². The van der Waals surface area contributed by atoms with E-state index in [0.717, 1.165) is 19.8 Å². The zero-order valence-corrected chi connectivity index (χ0v) is 8.34. The summed E-state index contributed by atoms with van der Waals surface area (Å²) in [4.78, 5) is 2.28. The van der Waals surface area contributed by atoms with Gasteiger partial charge in [0.05, 0.1) is 19.3 Å². The second-order valence-corrected chi connectivity index (χ2v) is 4.38. The van der Waals surface area contributed by atoms with Gasteiger partial charge >= 0.3 is 0 Å². The van der Waals surface area contributed by atoms with Crippen molar-refractivity contribution >= 4 is 0 Å². The number of hydrogen-bond acceptors (Lipinski definition) is 2. The average Bonchev–Trinajstić information content (AvgIpc) is 2.03. The first kappa shape index (κ1) is 9.59. The van der Waals surface area contributed by atoms with Crippen LogP contribution >= 0.6 is 0 Å². The summed E-state index contributed by atoms with van der Waals surface area (Å²) in [6, 6.07) is 0.476. The number of hydrogen-bond donors (Lipinski definition) is 0. The minimum Gasteiger partial charge on any atom is -0.377 e. The first-order valence-electron chi connectivity index (χ1n) is 4.52. The number of nitrogens with zero attached hydrogens (tertiary/aromatic N) is 1. The average molecular weight is 169 g/mol. The molecule has 2 nitrogen and oxygen atoms in total. The minimum absolute atomic E-state index is 0.272. The highest BCUT2D eigenvalue weighted by Gasteiger charge is 2.30. The minimum atomic E-state index is 0.272. The number of morpholine rings is 1. The van der Waals surface area contributed by atoms with Gasteiger partial charge in [0.25, 0.3) is 0 Å². The molecule has 0 aliphatic carbocycles. The lowest BCUT2D eigenvalue weighted by Crippen LogP contribution is -2.49. The SMILES string of the molecule is C=CN1CCOCC1C(C)(C)C. The quantitative estimate of drug-likeness (QED) is 0.594. The maximum atomic E-state index is 5.45. The van der Waals surface area contributed by atoms with Crippen molar-refractivity contribution in [3.8, 4) is 0 Å². The standard InChI is InChI=1S/C10H19NO/c1-5-11-6-7-12-8-9(11)10(2,3)4/h5,9H,1,6-8H2,2-4H3. The molecule has 1 aliphatic heterocycles. The normalized spacial score (nSPS) is 25.6. The van der Waals surface area contributed by atoms with Crippen LogP contribution in [0.2, 0.25) is 0 Å². The molecule has 0 radical (unpaired) electrons. The van der Waals surface area contributed by atoms with E-state index in [1.807, 2.05) is 6.20 Å². The van der Waals surface area contributed by atoms with Crippen LogP contribution in [-0.2, 0) is 4.74 Å². The molecule has 12 heavy (non-hydrogen) atoms. The van der Waals surface area contributed by atoms with E-state index in [1.165, 1.54) is 0 Å². The predicted molar refractivity (Wildman–Crippen MR) is 51.0 cm³/mol. The largest absolute Gasteiger partial charge is 0.377 e. The van der Waals surface area contributed by atoms with E-state index in [2.05, 4.69) is 32.3 Å². The van der Waals surface area contributed by atoms with Crippen LogP contribution in [0.15, 0.2) is 12.8 Å². The summed E-state index contributed by atoms with van der Waals surface area (Å²) in [6.07, 6.45) is 1.93. The molecule has 0 amide bonds. The molecular formula is C10H19NO. The van der Waals surface area contributed by atoms with E-state index in [0.29, 0.717) is 6.04 Å². The molecule has 1 rings (SSSR count). The molecule has 0 N–H and O–H groups in total. The fraction of sp³-hybridized carbons (Fsp3) is 0.800. The lowest BCUT2D eigenvalue weighted by molar-refractivity contribution is -0.0250. The molecule has 0 aromatic carbocycles. The molecule has 1 saturated heterocycles. The molecule has 1 unspecified atom stereocenters. The molecule has 0 saturated carbocycles. The highest BCUT2D eigenvalue weighted by molar-refractivity contribution is 4.89. The summed E-state index contributed by atoms with van der Waals surface area (Å²) in [6.45, 7) is 13.2. The molecule has 70 valence electrons. The van der Waals surface area contributed by atoms with Crippen LogP contribution < -0.4 is 0 Å². The van der Waals surface area contributed by atoms with Gasteiger partial charge in [-0.3, -0.25) is 0 Å². The van der Waals surface area contributed by atoms with Crippen LogP contribution in [0.4, 0.5) is 0 Å². The van der Waals surface area contributed by atoms with Gasteiger partial charge in [0.1, 0.15) is 0 Å². The number of ether oxygens (including phenoxy) is 1. The van der Waals surface area contributed by atoms with Gasteiger partial charge in [-0.2, -0.15) is 0 Å². The van der Waals surface area contributed by atoms with E-state index < -0.39 is 0 Å². The monoisotopic (exact) mass is 169 g/mol. The van der Waals surface area contributed by atoms with Crippen LogP contribution in [-0.4, -0.2) is 30.7 Å². The van der Waals surface area contributed by atoms with E-state index in [4.69, 9.17) is 4.74 Å². The van der Waals surface area contributed by atoms with E-state index in [9.17, 15) is 0 Å². The van der Waals surface area contributed by atoms with E-state index >= 15 is 0 Å². The molecule has 1 heterocycles. The van der Waals surface area contributed by atoms with Crippen molar-refractivity contribution in [1.29, 1.82) is 0 Å². The Balaban J connectivity index is 2.65. The van der Waals surface area contributed by atoms with Gasteiger partial charge in [0.15, 0.2) is 0 Å². The third kappa shape index (κ3) is 2.01. The highest BCUT2D eigenvalue weighted by Crippen LogP contribution is 2.26. The van der Waals surface area contributed by atoms with Crippen LogP contribution in [0, 0.1) is 5.41 Å². The summed E-state index contributed by atoms with van der Waals surface area (Å²) in [5.74, 6) is 0. The molecule has 2 heteroatoms. The summed E-state index contributed by atoms with van der Waals surface area (Å²) in [7, 11) is 0. The first-order valence-corrected chi connectivity index (χ1v) is 4.52. The second-order valence-electron chi connectivity index (χ2n) is 4.38. The summed E-state index contributed by atoms with van der Waals surface area (Å²) in [5, 5.41) is 0. The summed E-state index contributed by atoms with van der Waals surface area (Å²) >= 11 is 0. The van der Waals surface area contributed by atoms with Crippen LogP contribution in [0.3, 0.4) is 0 Å². The van der Waals surface area contributed by atoms with Crippen molar-refractivity contribution in [1.82, 2.24) is 4.90 Å². The molecule has 0 aromatic heterocycles. The third-order valence-corrected chi connectivity index (χ3v) is 2.40. The Hall–Kier alpha value is -0.500. The third-order valence-electron chi connectivity index (χ3n) is 2.40. The molecular weight excluding hydrogens is 150 g/mol. The molecule has 0 bridgehead atoms. The van der Waals surface area contributed by atoms with Gasteiger partial charge in [-0.15, -0.1) is 0 Å². The topological polar surface area (TPSA) is 12.5 Å². The van der Waals surface area contributed by atoms with Crippen molar-refractivity contribution in [3.63, 3.8) is 0 Å². The lowest BCUT2D eigenvalue weighted by Gasteiger charge is -2.42. The Labute approximate surface area is 75.2 Å². The Morgan fingerprint density at radius 3 is 2.58 bits per heavy atom. The Morgan fingerprint density at radius 2 is 2.17 bits per heavy atom. The Bertz CT molecular complexity index is 160. The smallest absolute Gasteiger partial charge is 0.0675 e. The number of rotatable bonds is 1. The zero-order chi connectivity index (χ0) is 9.19. The second kappa shape index (κ2) is 3.48. The fourth-order valence-corrected chi connectivity index (χ4v) is 1.58. The van der Waals surface area contributed by atoms with Crippen LogP contribution in [0.1, 0.15) is 20.8 Å². The van der Waals surface area contributed by atoms with Crippen LogP contribution in [0.5, 0.6) is 0 Å². The highest BCUT2D eigenvalue weighted by atomic mass is 16.5. The van der Waals surface area contributed by atoms with E-state index in [-0.39, 0.29) is 5.41 Å². The van der Waals surface area contributed by atoms with E-state index in [1.54, 1.807) is 0 Å². The maximum absolute atomic E-state index is 5.45. The van der Waals surface area contributed by atoms with Crippen molar-refractivity contribution in [2.45, 2.75) is 26.8 Å². The molecule has 1 aliphatic rings. The van der Waals surface area contributed by atoms with Gasteiger partial charge < -0.3 is 9.64 Å². The van der Waals surface area contributed by atoms with Gasteiger partial charge in [-0.1, -0.05) is 27.4 Å². The zero-order valence-electron chi connectivity index (χ0n) is 8.34. The Morgan fingerprint density at radius 1 is 1.50 bits per heavy atom. The molecule has 1 atom stereocenters. The van der Waals surface area contributed by atoms with Gasteiger partial charge in [0.2, 0.25) is 0 Å². The first-order chi connectivity index (χ1) is 5.55. The van der Waals surface area contributed by atoms with Crippen molar-refractivity contribution in [2.24, 2.45) is 5.41 Å². The summed E-state index contributed by atoms with van der Waals surface area (Å²) < 4.78 is 5.45.